The number of hydrogen-bond acceptors (Lipinski definition) is 7. The van der Waals surface area contributed by atoms with Crippen LogP contribution in [-0.2, 0) is 4.74 Å². The Morgan fingerprint density at radius 1 is 1.16 bits per heavy atom. The molecule has 1 saturated heterocycles. The molecule has 0 radical (unpaired) electrons. The fourth-order valence-corrected chi connectivity index (χ4v) is 5.28. The Labute approximate surface area is 196 Å². The van der Waals surface area contributed by atoms with Crippen LogP contribution in [0, 0.1) is 13.8 Å². The van der Waals surface area contributed by atoms with Gasteiger partial charge in [-0.1, -0.05) is 17.7 Å². The van der Waals surface area contributed by atoms with Gasteiger partial charge in [0.05, 0.1) is 12.0 Å². The number of rotatable bonds is 4. The van der Waals surface area contributed by atoms with Gasteiger partial charge in [-0.2, -0.15) is 0 Å². The highest BCUT2D eigenvalue weighted by Gasteiger charge is 2.26. The highest BCUT2D eigenvalue weighted by atomic mass is 35.5. The van der Waals surface area contributed by atoms with Crippen molar-refractivity contribution in [2.45, 2.75) is 27.2 Å². The lowest BCUT2D eigenvalue weighted by Crippen LogP contribution is -2.35. The average molecular weight is 473 g/mol. The fraction of sp³-hybridized carbons (Fsp3) is 0.391. The molecule has 1 amide bonds. The minimum Gasteiger partial charge on any atom is -0.462 e. The average Bonchev–Trinajstić information content (AvgIpc) is 2.94. The smallest absolute Gasteiger partial charge is 0.348 e. The van der Waals surface area contributed by atoms with E-state index in [1.54, 1.807) is 31.2 Å². The number of aromatic nitrogens is 2. The molecule has 1 fully saturated rings. The molecule has 0 N–H and O–H groups in total. The number of hydrogen-bond donors (Lipinski definition) is 0. The van der Waals surface area contributed by atoms with Crippen LogP contribution >= 0.6 is 22.9 Å². The van der Waals surface area contributed by atoms with Crippen molar-refractivity contribution in [3.05, 3.63) is 51.1 Å². The molecule has 0 unspecified atom stereocenters. The molecular formula is C23H25ClN4O3S. The van der Waals surface area contributed by atoms with Crippen LogP contribution in [0.3, 0.4) is 0 Å². The lowest BCUT2D eigenvalue weighted by molar-refractivity contribution is 0.0531. The maximum atomic E-state index is 13.0. The molecule has 0 saturated carbocycles. The predicted molar refractivity (Wildman–Crippen MR) is 127 cm³/mol. The summed E-state index contributed by atoms with van der Waals surface area (Å²) in [5.41, 5.74) is 1.44. The molecule has 0 atom stereocenters. The second kappa shape index (κ2) is 9.42. The number of aryl methyl sites for hydroxylation is 2. The van der Waals surface area contributed by atoms with E-state index >= 15 is 0 Å². The third kappa shape index (κ3) is 4.42. The number of nitrogens with zero attached hydrogens (tertiary/aromatic N) is 4. The van der Waals surface area contributed by atoms with E-state index in [9.17, 15) is 9.59 Å². The normalized spacial score (nSPS) is 14.5. The SMILES string of the molecule is CCOC(=O)c1sc2nc(C)nc(N3CCCN(C(=O)c4cccc(Cl)c4)CC3)c2c1C. The third-order valence-corrected chi connectivity index (χ3v) is 6.90. The first kappa shape index (κ1) is 22.5. The van der Waals surface area contributed by atoms with Gasteiger partial charge < -0.3 is 14.5 Å². The summed E-state index contributed by atoms with van der Waals surface area (Å²) in [5.74, 6) is 1.12. The molecule has 32 heavy (non-hydrogen) atoms. The third-order valence-electron chi connectivity index (χ3n) is 5.50. The fourth-order valence-electron chi connectivity index (χ4n) is 3.98. The Morgan fingerprint density at radius 2 is 1.97 bits per heavy atom. The predicted octanol–water partition coefficient (Wildman–Crippen LogP) is 4.49. The quantitative estimate of drug-likeness (QED) is 0.521. The summed E-state index contributed by atoms with van der Waals surface area (Å²) >= 11 is 7.41. The van der Waals surface area contributed by atoms with Gasteiger partial charge in [0.15, 0.2) is 0 Å². The van der Waals surface area contributed by atoms with Crippen LogP contribution in [0.1, 0.15) is 44.8 Å². The summed E-state index contributed by atoms with van der Waals surface area (Å²) in [5, 5.41) is 1.44. The second-order valence-corrected chi connectivity index (χ2v) is 9.13. The summed E-state index contributed by atoms with van der Waals surface area (Å²) in [4.78, 5) is 40.1. The van der Waals surface area contributed by atoms with Crippen molar-refractivity contribution in [3.63, 3.8) is 0 Å². The molecule has 4 rings (SSSR count). The molecule has 1 aromatic carbocycles. The molecule has 0 aliphatic carbocycles. The van der Waals surface area contributed by atoms with E-state index in [4.69, 9.17) is 21.3 Å². The van der Waals surface area contributed by atoms with Gasteiger partial charge in [-0.3, -0.25) is 4.79 Å². The van der Waals surface area contributed by atoms with Crippen LogP contribution in [0.4, 0.5) is 5.82 Å². The van der Waals surface area contributed by atoms with E-state index in [2.05, 4.69) is 9.88 Å². The van der Waals surface area contributed by atoms with Crippen molar-refractivity contribution in [1.82, 2.24) is 14.9 Å². The molecule has 2 aromatic heterocycles. The number of amides is 1. The van der Waals surface area contributed by atoms with Crippen molar-refractivity contribution in [2.24, 2.45) is 0 Å². The number of halogens is 1. The number of fused-ring (bicyclic) bond motifs is 1. The van der Waals surface area contributed by atoms with Gasteiger partial charge >= 0.3 is 5.97 Å². The largest absolute Gasteiger partial charge is 0.462 e. The summed E-state index contributed by atoms with van der Waals surface area (Å²) in [6.45, 7) is 8.53. The highest BCUT2D eigenvalue weighted by molar-refractivity contribution is 7.20. The molecular weight excluding hydrogens is 448 g/mol. The molecule has 3 heterocycles. The first-order valence-electron chi connectivity index (χ1n) is 10.6. The Kier molecular flexibility index (Phi) is 6.62. The van der Waals surface area contributed by atoms with Crippen LogP contribution in [0.5, 0.6) is 0 Å². The maximum absolute atomic E-state index is 13.0. The Hall–Kier alpha value is -2.71. The summed E-state index contributed by atoms with van der Waals surface area (Å²) in [7, 11) is 0. The number of anilines is 1. The van der Waals surface area contributed by atoms with Gasteiger partial charge in [-0.25, -0.2) is 14.8 Å². The summed E-state index contributed by atoms with van der Waals surface area (Å²) in [6.07, 6.45) is 0.810. The van der Waals surface area contributed by atoms with Gasteiger partial charge in [-0.15, -0.1) is 11.3 Å². The zero-order valence-corrected chi connectivity index (χ0v) is 19.9. The Bertz CT molecular complexity index is 1180. The van der Waals surface area contributed by atoms with Crippen LogP contribution in [-0.4, -0.2) is 59.5 Å². The van der Waals surface area contributed by atoms with Gasteiger partial charge in [-0.05, 0) is 51.0 Å². The van der Waals surface area contributed by atoms with E-state index in [1.165, 1.54) is 11.3 Å². The monoisotopic (exact) mass is 472 g/mol. The molecule has 9 heteroatoms. The molecule has 0 bridgehead atoms. The van der Waals surface area contributed by atoms with E-state index in [0.717, 1.165) is 34.6 Å². The number of carbonyl (C=O) groups is 2. The van der Waals surface area contributed by atoms with E-state index in [-0.39, 0.29) is 11.9 Å². The number of benzene rings is 1. The standard InChI is InChI=1S/C23H25ClN4O3S/c1-4-31-23(30)19-14(2)18-20(25-15(3)26-21(18)32-19)27-9-6-10-28(12-11-27)22(29)16-7-5-8-17(24)13-16/h5,7-8,13H,4,6,9-12H2,1-3H3. The lowest BCUT2D eigenvalue weighted by Gasteiger charge is -2.24. The van der Waals surface area contributed by atoms with Gasteiger partial charge in [0.25, 0.3) is 5.91 Å². The van der Waals surface area contributed by atoms with Crippen LogP contribution < -0.4 is 4.90 Å². The molecule has 1 aliphatic rings. The number of ether oxygens (including phenoxy) is 1. The van der Waals surface area contributed by atoms with Crippen LogP contribution in [0.25, 0.3) is 10.2 Å². The number of thiophene rings is 1. The van der Waals surface area contributed by atoms with Crippen molar-refractivity contribution in [2.75, 3.05) is 37.7 Å². The van der Waals surface area contributed by atoms with E-state index < -0.39 is 0 Å². The lowest BCUT2D eigenvalue weighted by atomic mass is 10.2. The van der Waals surface area contributed by atoms with Crippen molar-refractivity contribution >= 4 is 50.8 Å². The van der Waals surface area contributed by atoms with E-state index in [0.29, 0.717) is 47.5 Å². The first-order chi connectivity index (χ1) is 15.4. The molecule has 168 valence electrons. The minimum absolute atomic E-state index is 0.0188. The molecule has 3 aromatic rings. The second-order valence-electron chi connectivity index (χ2n) is 7.69. The van der Waals surface area contributed by atoms with Gasteiger partial charge in [0, 0.05) is 36.8 Å². The Morgan fingerprint density at radius 3 is 2.72 bits per heavy atom. The molecule has 7 nitrogen and oxygen atoms in total. The van der Waals surface area contributed by atoms with Gasteiger partial charge in [0.2, 0.25) is 0 Å². The number of carbonyl (C=O) groups excluding carboxylic acids is 2. The van der Waals surface area contributed by atoms with Gasteiger partial charge in [0.1, 0.15) is 21.3 Å². The molecule has 1 aliphatic heterocycles. The zero-order valence-electron chi connectivity index (χ0n) is 18.4. The summed E-state index contributed by atoms with van der Waals surface area (Å²) < 4.78 is 5.22. The van der Waals surface area contributed by atoms with Crippen LogP contribution in [0.15, 0.2) is 24.3 Å². The minimum atomic E-state index is -0.328. The maximum Gasteiger partial charge on any atom is 0.348 e. The Balaban J connectivity index is 1.62. The zero-order chi connectivity index (χ0) is 22.8. The molecule has 0 spiro atoms. The number of esters is 1. The topological polar surface area (TPSA) is 75.6 Å². The van der Waals surface area contributed by atoms with E-state index in [1.807, 2.05) is 18.7 Å². The highest BCUT2D eigenvalue weighted by Crippen LogP contribution is 2.36. The van der Waals surface area contributed by atoms with Crippen LogP contribution in [0.2, 0.25) is 5.02 Å². The summed E-state index contributed by atoms with van der Waals surface area (Å²) in [6, 6.07) is 7.05. The van der Waals surface area contributed by atoms with Crippen molar-refractivity contribution in [3.8, 4) is 0 Å². The van der Waals surface area contributed by atoms with Crippen molar-refractivity contribution < 1.29 is 14.3 Å². The van der Waals surface area contributed by atoms with Crippen molar-refractivity contribution in [1.29, 1.82) is 0 Å². The first-order valence-corrected chi connectivity index (χ1v) is 11.8.